The van der Waals surface area contributed by atoms with Crippen LogP contribution in [0.4, 0.5) is 5.69 Å². The molecule has 0 amide bonds. The number of rotatable bonds is 2. The number of nitro groups is 1. The Bertz CT molecular complexity index is 531. The number of nitrogens with zero attached hydrogens (tertiary/aromatic N) is 3. The molecule has 0 unspecified atom stereocenters. The zero-order valence-corrected chi connectivity index (χ0v) is 9.28. The molecule has 0 fully saturated rings. The molecule has 0 saturated carbocycles. The monoisotopic (exact) mass is 253 g/mol. The molecule has 0 atom stereocenters. The van der Waals surface area contributed by atoms with E-state index in [1.165, 1.54) is 30.6 Å². The van der Waals surface area contributed by atoms with Crippen molar-refractivity contribution in [1.82, 2.24) is 4.98 Å². The van der Waals surface area contributed by atoms with E-state index in [0.29, 0.717) is 5.82 Å². The van der Waals surface area contributed by atoms with Gasteiger partial charge in [0.1, 0.15) is 6.20 Å². The van der Waals surface area contributed by atoms with Crippen molar-refractivity contribution in [1.29, 1.82) is 0 Å². The van der Waals surface area contributed by atoms with Crippen molar-refractivity contribution >= 4 is 5.69 Å². The zero-order valence-electron chi connectivity index (χ0n) is 8.52. The summed E-state index contributed by atoms with van der Waals surface area (Å²) in [6, 6.07) is 6.05. The summed E-state index contributed by atoms with van der Waals surface area (Å²) in [5.41, 5.74) is -0.0653. The van der Waals surface area contributed by atoms with Crippen LogP contribution in [0.3, 0.4) is 0 Å². The van der Waals surface area contributed by atoms with Crippen LogP contribution in [0.2, 0.25) is 0 Å². The van der Waals surface area contributed by atoms with Crippen molar-refractivity contribution in [2.24, 2.45) is 0 Å². The Morgan fingerprint density at radius 2 is 2.12 bits per heavy atom. The molecule has 0 aliphatic carbocycles. The molecule has 1 N–H and O–H groups in total. The molecule has 0 spiro atoms. The maximum atomic E-state index is 10.4. The lowest BCUT2D eigenvalue weighted by atomic mass is 10.4. The molecule has 0 aliphatic heterocycles. The average Bonchev–Trinajstić information content (AvgIpc) is 2.29. The lowest BCUT2D eigenvalue weighted by Crippen LogP contribution is -3.00. The van der Waals surface area contributed by atoms with E-state index >= 15 is 0 Å². The van der Waals surface area contributed by atoms with Crippen molar-refractivity contribution in [3.05, 3.63) is 53.0 Å². The fourth-order valence-corrected chi connectivity index (χ4v) is 1.24. The standard InChI is InChI=1S/C10H7N3O3.ClH/c14-9-2-1-5-12(7-9)10-4-3-8(6-11-10)13(15)16;/h1-7H;1H. The largest absolute Gasteiger partial charge is 1.00 e. The van der Waals surface area contributed by atoms with Crippen LogP contribution in [0.1, 0.15) is 0 Å². The van der Waals surface area contributed by atoms with Crippen LogP contribution < -0.4 is 17.0 Å². The number of aromatic hydroxyl groups is 1. The van der Waals surface area contributed by atoms with Crippen LogP contribution in [0.5, 0.6) is 5.75 Å². The lowest BCUT2D eigenvalue weighted by molar-refractivity contribution is -0.600. The van der Waals surface area contributed by atoms with Gasteiger partial charge in [-0.05, 0) is 17.1 Å². The Balaban J connectivity index is 0.00000144. The van der Waals surface area contributed by atoms with Crippen LogP contribution in [0, 0.1) is 10.1 Å². The predicted molar refractivity (Wildman–Crippen MR) is 54.1 cm³/mol. The molecule has 0 aromatic carbocycles. The summed E-state index contributed by atoms with van der Waals surface area (Å²) in [5.74, 6) is 0.601. The number of hydrogen-bond acceptors (Lipinski definition) is 4. The van der Waals surface area contributed by atoms with Gasteiger partial charge in [-0.3, -0.25) is 10.1 Å². The minimum absolute atomic E-state index is 0. The first kappa shape index (κ1) is 12.9. The van der Waals surface area contributed by atoms with Gasteiger partial charge < -0.3 is 17.5 Å². The fourth-order valence-electron chi connectivity index (χ4n) is 1.24. The normalized spacial score (nSPS) is 9.41. The number of hydrogen-bond donors (Lipinski definition) is 1. The first-order chi connectivity index (χ1) is 7.66. The minimum atomic E-state index is -0.510. The zero-order chi connectivity index (χ0) is 11.5. The maximum absolute atomic E-state index is 10.4. The first-order valence-electron chi connectivity index (χ1n) is 4.48. The van der Waals surface area contributed by atoms with Crippen LogP contribution >= 0.6 is 0 Å². The summed E-state index contributed by atoms with van der Waals surface area (Å²) in [6.07, 6.45) is 4.33. The van der Waals surface area contributed by atoms with Gasteiger partial charge in [-0.2, -0.15) is 4.57 Å². The summed E-state index contributed by atoms with van der Waals surface area (Å²) in [5, 5.41) is 19.7. The number of aromatic nitrogens is 2. The van der Waals surface area contributed by atoms with E-state index in [1.807, 2.05) is 0 Å². The van der Waals surface area contributed by atoms with Crippen molar-refractivity contribution in [2.75, 3.05) is 0 Å². The Morgan fingerprint density at radius 3 is 2.65 bits per heavy atom. The summed E-state index contributed by atoms with van der Waals surface area (Å²) in [4.78, 5) is 13.8. The van der Waals surface area contributed by atoms with Gasteiger partial charge in [-0.1, -0.05) is 0 Å². The Kier molecular flexibility index (Phi) is 3.95. The molecule has 6 nitrogen and oxygen atoms in total. The highest BCUT2D eigenvalue weighted by atomic mass is 35.5. The molecule has 0 saturated heterocycles. The second kappa shape index (κ2) is 5.22. The molecular weight excluding hydrogens is 246 g/mol. The third-order valence-corrected chi connectivity index (χ3v) is 1.99. The molecule has 2 heterocycles. The van der Waals surface area contributed by atoms with E-state index in [9.17, 15) is 15.2 Å². The van der Waals surface area contributed by atoms with Gasteiger partial charge >= 0.3 is 11.5 Å². The van der Waals surface area contributed by atoms with Gasteiger partial charge in [0, 0.05) is 12.1 Å². The lowest BCUT2D eigenvalue weighted by Gasteiger charge is -1.95. The molecule has 7 heteroatoms. The van der Waals surface area contributed by atoms with Gasteiger partial charge in [0.15, 0.2) is 5.75 Å². The van der Waals surface area contributed by atoms with Crippen molar-refractivity contribution in [3.63, 3.8) is 0 Å². The van der Waals surface area contributed by atoms with Crippen molar-refractivity contribution in [2.45, 2.75) is 0 Å². The molecule has 2 rings (SSSR count). The van der Waals surface area contributed by atoms with Gasteiger partial charge in [-0.25, -0.2) is 0 Å². The predicted octanol–water partition coefficient (Wildman–Crippen LogP) is -2.02. The first-order valence-corrected chi connectivity index (χ1v) is 4.48. The highest BCUT2D eigenvalue weighted by molar-refractivity contribution is 5.29. The fraction of sp³-hybridized carbons (Fsp3) is 0. The third kappa shape index (κ3) is 2.88. The summed E-state index contributed by atoms with van der Waals surface area (Å²) >= 11 is 0. The Hall–Kier alpha value is -2.21. The number of pyridine rings is 2. The second-order valence-corrected chi connectivity index (χ2v) is 3.10. The molecule has 2 aromatic rings. The van der Waals surface area contributed by atoms with Gasteiger partial charge in [0.2, 0.25) is 6.20 Å². The summed E-state index contributed by atoms with van der Waals surface area (Å²) in [6.45, 7) is 0. The maximum Gasteiger partial charge on any atom is 0.328 e. The topological polar surface area (TPSA) is 80.1 Å². The highest BCUT2D eigenvalue weighted by Crippen LogP contribution is 2.09. The molecular formula is C10H8ClN3O3. The van der Waals surface area contributed by atoms with Crippen LogP contribution in [0.25, 0.3) is 5.82 Å². The van der Waals surface area contributed by atoms with E-state index in [4.69, 9.17) is 0 Å². The van der Waals surface area contributed by atoms with Gasteiger partial charge in [-0.15, -0.1) is 0 Å². The van der Waals surface area contributed by atoms with Crippen LogP contribution in [0.15, 0.2) is 42.9 Å². The molecule has 0 bridgehead atoms. The molecule has 88 valence electrons. The highest BCUT2D eigenvalue weighted by Gasteiger charge is 2.12. The molecule has 17 heavy (non-hydrogen) atoms. The molecule has 0 aliphatic rings. The van der Waals surface area contributed by atoms with E-state index in [-0.39, 0.29) is 23.8 Å². The Morgan fingerprint density at radius 1 is 1.35 bits per heavy atom. The average molecular weight is 254 g/mol. The van der Waals surface area contributed by atoms with Crippen molar-refractivity contribution < 1.29 is 27.0 Å². The van der Waals surface area contributed by atoms with Crippen LogP contribution in [-0.4, -0.2) is 15.0 Å². The van der Waals surface area contributed by atoms with E-state index in [2.05, 4.69) is 4.98 Å². The van der Waals surface area contributed by atoms with Gasteiger partial charge in [0.25, 0.3) is 0 Å². The molecule has 2 aromatic heterocycles. The summed E-state index contributed by atoms with van der Waals surface area (Å²) in [7, 11) is 0. The van der Waals surface area contributed by atoms with Crippen molar-refractivity contribution in [3.8, 4) is 11.6 Å². The quantitative estimate of drug-likeness (QED) is 0.381. The summed E-state index contributed by atoms with van der Waals surface area (Å²) < 4.78 is 1.57. The molecule has 0 radical (unpaired) electrons. The second-order valence-electron chi connectivity index (χ2n) is 3.10. The SMILES string of the molecule is O=[N+]([O-])c1ccc(-[n+]2cccc(O)c2)nc1.[Cl-]. The van der Waals surface area contributed by atoms with E-state index in [0.717, 1.165) is 0 Å². The van der Waals surface area contributed by atoms with Gasteiger partial charge in [0.05, 0.1) is 11.1 Å². The minimum Gasteiger partial charge on any atom is -1.00 e. The van der Waals surface area contributed by atoms with E-state index in [1.54, 1.807) is 16.8 Å². The Labute approximate surface area is 103 Å². The van der Waals surface area contributed by atoms with E-state index < -0.39 is 4.92 Å². The smallest absolute Gasteiger partial charge is 0.328 e. The third-order valence-electron chi connectivity index (χ3n) is 1.99. The number of halogens is 1. The van der Waals surface area contributed by atoms with Crippen LogP contribution in [-0.2, 0) is 0 Å².